The van der Waals surface area contributed by atoms with Crippen LogP contribution < -0.4 is 16.0 Å². The van der Waals surface area contributed by atoms with Crippen molar-refractivity contribution in [3.8, 4) is 11.6 Å². The van der Waals surface area contributed by atoms with E-state index in [-0.39, 0.29) is 10.9 Å². The van der Waals surface area contributed by atoms with E-state index in [1.54, 1.807) is 18.2 Å². The van der Waals surface area contributed by atoms with Gasteiger partial charge in [-0.25, -0.2) is 4.98 Å². The lowest BCUT2D eigenvalue weighted by Crippen LogP contribution is -2.07. The van der Waals surface area contributed by atoms with Crippen LogP contribution in [0.5, 0.6) is 11.6 Å². The van der Waals surface area contributed by atoms with Gasteiger partial charge in [-0.05, 0) is 17.7 Å². The van der Waals surface area contributed by atoms with E-state index in [4.69, 9.17) is 33.7 Å². The van der Waals surface area contributed by atoms with Gasteiger partial charge in [0.05, 0.1) is 6.33 Å². The molecule has 0 radical (unpaired) electrons. The van der Waals surface area contributed by atoms with Crippen molar-refractivity contribution < 1.29 is 4.74 Å². The van der Waals surface area contributed by atoms with Gasteiger partial charge in [-0.3, -0.25) is 4.79 Å². The number of H-pyrrole nitrogens is 1. The molecule has 0 spiro atoms. The summed E-state index contributed by atoms with van der Waals surface area (Å²) in [6.45, 7) is 0.336. The quantitative estimate of drug-likeness (QED) is 0.907. The molecule has 1 aromatic carbocycles. The van der Waals surface area contributed by atoms with Crippen LogP contribution in [-0.2, 0) is 6.54 Å². The number of nitrogens with two attached hydrogens (primary N) is 1. The molecule has 2 rings (SSSR count). The molecule has 0 bridgehead atoms. The number of hydrogen-bond acceptors (Lipinski definition) is 4. The normalized spacial score (nSPS) is 10.4. The topological polar surface area (TPSA) is 81.0 Å². The van der Waals surface area contributed by atoms with Gasteiger partial charge >= 0.3 is 0 Å². The van der Waals surface area contributed by atoms with Crippen LogP contribution in [0.15, 0.2) is 29.3 Å². The maximum atomic E-state index is 11.2. The predicted octanol–water partition coefficient (Wildman–Crippen LogP) is 2.33. The van der Waals surface area contributed by atoms with Gasteiger partial charge in [0.2, 0.25) is 5.88 Å². The van der Waals surface area contributed by atoms with Crippen LogP contribution in [0.25, 0.3) is 0 Å². The summed E-state index contributed by atoms with van der Waals surface area (Å²) < 4.78 is 5.38. The first-order valence-corrected chi connectivity index (χ1v) is 5.77. The maximum Gasteiger partial charge on any atom is 0.273 e. The number of nitrogens with one attached hydrogen (secondary N) is 1. The first-order chi connectivity index (χ1) is 8.61. The number of aromatic nitrogens is 2. The van der Waals surface area contributed by atoms with Gasteiger partial charge in [0.25, 0.3) is 5.56 Å². The summed E-state index contributed by atoms with van der Waals surface area (Å²) in [4.78, 5) is 17.4. The molecule has 94 valence electrons. The number of halogens is 2. The Hall–Kier alpha value is -1.56. The zero-order valence-electron chi connectivity index (χ0n) is 9.11. The summed E-state index contributed by atoms with van der Waals surface area (Å²) in [5, 5.41) is 0.368. The Labute approximate surface area is 113 Å². The van der Waals surface area contributed by atoms with E-state index in [1.807, 2.05) is 0 Å². The lowest BCUT2D eigenvalue weighted by Gasteiger charge is -2.07. The van der Waals surface area contributed by atoms with Gasteiger partial charge in [-0.2, -0.15) is 0 Å². The number of ether oxygens (including phenoxy) is 1. The minimum atomic E-state index is -0.466. The van der Waals surface area contributed by atoms with Gasteiger partial charge in [-0.1, -0.05) is 29.3 Å². The fourth-order valence-corrected chi connectivity index (χ4v) is 1.70. The van der Waals surface area contributed by atoms with Crippen molar-refractivity contribution in [1.29, 1.82) is 0 Å². The van der Waals surface area contributed by atoms with Gasteiger partial charge in [0.1, 0.15) is 5.75 Å². The molecule has 3 N–H and O–H groups in total. The fourth-order valence-electron chi connectivity index (χ4n) is 1.31. The van der Waals surface area contributed by atoms with Gasteiger partial charge < -0.3 is 15.5 Å². The molecule has 1 heterocycles. The van der Waals surface area contributed by atoms with Crippen molar-refractivity contribution >= 4 is 23.2 Å². The van der Waals surface area contributed by atoms with Gasteiger partial charge in [0, 0.05) is 11.6 Å². The minimum absolute atomic E-state index is 0.0250. The molecule has 18 heavy (non-hydrogen) atoms. The van der Waals surface area contributed by atoms with Crippen LogP contribution in [0, 0.1) is 0 Å². The predicted molar refractivity (Wildman–Crippen MR) is 69.3 cm³/mol. The highest BCUT2D eigenvalue weighted by Gasteiger charge is 2.09. The van der Waals surface area contributed by atoms with Crippen molar-refractivity contribution in [3.05, 3.63) is 50.5 Å². The number of aromatic amines is 1. The number of rotatable bonds is 3. The number of nitrogens with zero attached hydrogens (tertiary/aromatic N) is 1. The van der Waals surface area contributed by atoms with E-state index in [9.17, 15) is 4.79 Å². The minimum Gasteiger partial charge on any atom is -0.437 e. The van der Waals surface area contributed by atoms with Crippen LogP contribution in [-0.4, -0.2) is 9.97 Å². The van der Waals surface area contributed by atoms with Crippen LogP contribution in [0.1, 0.15) is 5.56 Å². The molecule has 0 fully saturated rings. The summed E-state index contributed by atoms with van der Waals surface area (Å²) in [6.07, 6.45) is 1.21. The zero-order valence-corrected chi connectivity index (χ0v) is 10.6. The van der Waals surface area contributed by atoms with Crippen LogP contribution in [0.3, 0.4) is 0 Å². The van der Waals surface area contributed by atoms with Crippen molar-refractivity contribution in [2.45, 2.75) is 6.54 Å². The summed E-state index contributed by atoms with van der Waals surface area (Å²) in [5.74, 6) is 0.453. The molecule has 0 aliphatic rings. The van der Waals surface area contributed by atoms with Crippen molar-refractivity contribution in [2.24, 2.45) is 5.73 Å². The Morgan fingerprint density at radius 3 is 2.83 bits per heavy atom. The summed E-state index contributed by atoms with van der Waals surface area (Å²) in [5.41, 5.74) is 5.83. The monoisotopic (exact) mass is 285 g/mol. The lowest BCUT2D eigenvalue weighted by molar-refractivity contribution is 0.460. The smallest absolute Gasteiger partial charge is 0.273 e. The second-order valence-electron chi connectivity index (χ2n) is 3.41. The fraction of sp³-hybridized carbons (Fsp3) is 0.0909. The average Bonchev–Trinajstić information content (AvgIpc) is 2.35. The molecule has 0 unspecified atom stereocenters. The molecular formula is C11H9Cl2N3O2. The van der Waals surface area contributed by atoms with Crippen molar-refractivity contribution in [3.63, 3.8) is 0 Å². The number of hydrogen-bond donors (Lipinski definition) is 2. The number of benzene rings is 1. The van der Waals surface area contributed by atoms with Crippen molar-refractivity contribution in [1.82, 2.24) is 9.97 Å². The van der Waals surface area contributed by atoms with Gasteiger partial charge in [-0.15, -0.1) is 0 Å². The van der Waals surface area contributed by atoms with E-state index < -0.39 is 5.56 Å². The van der Waals surface area contributed by atoms with Crippen LogP contribution >= 0.6 is 23.2 Å². The summed E-state index contributed by atoms with van der Waals surface area (Å²) in [7, 11) is 0. The Balaban J connectivity index is 2.32. The molecule has 2 aromatic rings. The highest BCUT2D eigenvalue weighted by atomic mass is 35.5. The average molecular weight is 286 g/mol. The van der Waals surface area contributed by atoms with Gasteiger partial charge in [0.15, 0.2) is 5.02 Å². The molecule has 0 amide bonds. The van der Waals surface area contributed by atoms with Crippen molar-refractivity contribution in [2.75, 3.05) is 0 Å². The molecule has 0 saturated carbocycles. The maximum absolute atomic E-state index is 11.2. The molecule has 5 nitrogen and oxygen atoms in total. The third-order valence-corrected chi connectivity index (χ3v) is 2.91. The van der Waals surface area contributed by atoms with E-state index in [1.165, 1.54) is 6.33 Å². The van der Waals surface area contributed by atoms with Crippen LogP contribution in [0.2, 0.25) is 10.0 Å². The Bertz CT molecular complexity index is 628. The van der Waals surface area contributed by atoms with E-state index >= 15 is 0 Å². The third-order valence-electron chi connectivity index (χ3n) is 2.22. The summed E-state index contributed by atoms with van der Waals surface area (Å²) >= 11 is 11.7. The molecule has 0 atom stereocenters. The SMILES string of the molecule is NCc1ccc(Oc2nc[nH]c(=O)c2Cl)cc1Cl. The second kappa shape index (κ2) is 5.39. The van der Waals surface area contributed by atoms with E-state index in [0.29, 0.717) is 17.3 Å². The highest BCUT2D eigenvalue weighted by Crippen LogP contribution is 2.27. The van der Waals surface area contributed by atoms with E-state index in [2.05, 4.69) is 9.97 Å². The molecule has 1 aromatic heterocycles. The molecule has 0 saturated heterocycles. The lowest BCUT2D eigenvalue weighted by atomic mass is 10.2. The zero-order chi connectivity index (χ0) is 13.1. The third kappa shape index (κ3) is 2.64. The Morgan fingerprint density at radius 1 is 1.39 bits per heavy atom. The van der Waals surface area contributed by atoms with E-state index in [0.717, 1.165) is 5.56 Å². The second-order valence-corrected chi connectivity index (χ2v) is 4.20. The molecule has 0 aliphatic carbocycles. The molecule has 7 heteroatoms. The summed E-state index contributed by atoms with van der Waals surface area (Å²) in [6, 6.07) is 5.00. The van der Waals surface area contributed by atoms with Crippen LogP contribution in [0.4, 0.5) is 0 Å². The highest BCUT2D eigenvalue weighted by molar-refractivity contribution is 6.32. The molecule has 0 aliphatic heterocycles. The Morgan fingerprint density at radius 2 is 2.17 bits per heavy atom. The molecular weight excluding hydrogens is 277 g/mol. The standard InChI is InChI=1S/C11H9Cl2N3O2/c12-8-3-7(2-1-6(8)4-14)18-11-9(13)10(17)15-5-16-11/h1-3,5H,4,14H2,(H,15,16,17). The first kappa shape index (κ1) is 12.9. The Kier molecular flexibility index (Phi) is 3.86. The first-order valence-electron chi connectivity index (χ1n) is 5.01. The largest absolute Gasteiger partial charge is 0.437 e.